The largest absolute Gasteiger partial charge is 0.343 e. The van der Waals surface area contributed by atoms with Crippen molar-refractivity contribution >= 4 is 0 Å². The van der Waals surface area contributed by atoms with Crippen molar-refractivity contribution in [2.75, 3.05) is 13.2 Å². The molecule has 2 N–H and O–H groups in total. The Hall–Kier alpha value is -0.900. The maximum Gasteiger partial charge on any atom is 0.192 e. The van der Waals surface area contributed by atoms with Gasteiger partial charge in [0.25, 0.3) is 0 Å². The minimum absolute atomic E-state index is 0.0141. The van der Waals surface area contributed by atoms with E-state index in [4.69, 9.17) is 15.2 Å². The summed E-state index contributed by atoms with van der Waals surface area (Å²) in [5.41, 5.74) is 6.57. The van der Waals surface area contributed by atoms with Crippen LogP contribution < -0.4 is 5.73 Å². The smallest absolute Gasteiger partial charge is 0.192 e. The first-order chi connectivity index (χ1) is 6.74. The highest BCUT2D eigenvalue weighted by Gasteiger charge is 2.37. The topological polar surface area (TPSA) is 44.5 Å². The molecule has 0 radical (unpaired) electrons. The van der Waals surface area contributed by atoms with Crippen molar-refractivity contribution in [3.05, 3.63) is 35.9 Å². The lowest BCUT2D eigenvalue weighted by Gasteiger charge is -2.23. The Labute approximate surface area is 83.8 Å². The Morgan fingerprint density at radius 2 is 2.14 bits per heavy atom. The molecule has 2 atom stereocenters. The van der Waals surface area contributed by atoms with E-state index < -0.39 is 5.79 Å². The van der Waals surface area contributed by atoms with Crippen LogP contribution in [-0.2, 0) is 15.3 Å². The molecule has 3 nitrogen and oxygen atoms in total. The standard InChI is InChI=1S/C11H15NO2/c1-11(9-5-3-2-4-6-9)13-8-10(7-12)14-11/h2-6,10H,7-8,12H2,1H3/t10-,11?/m1/s1. The summed E-state index contributed by atoms with van der Waals surface area (Å²) in [6, 6.07) is 9.92. The van der Waals surface area contributed by atoms with Gasteiger partial charge in [-0.1, -0.05) is 30.3 Å². The van der Waals surface area contributed by atoms with Crippen LogP contribution in [0.4, 0.5) is 0 Å². The van der Waals surface area contributed by atoms with Gasteiger partial charge in [0.15, 0.2) is 5.79 Å². The van der Waals surface area contributed by atoms with Crippen LogP contribution in [0.3, 0.4) is 0 Å². The van der Waals surface area contributed by atoms with Crippen LogP contribution in [0.1, 0.15) is 12.5 Å². The predicted molar refractivity (Wildman–Crippen MR) is 53.7 cm³/mol. The van der Waals surface area contributed by atoms with E-state index in [2.05, 4.69) is 0 Å². The first-order valence-electron chi connectivity index (χ1n) is 4.82. The molecule has 1 aromatic carbocycles. The molecule has 14 heavy (non-hydrogen) atoms. The highest BCUT2D eigenvalue weighted by Crippen LogP contribution is 2.33. The molecule has 2 rings (SSSR count). The van der Waals surface area contributed by atoms with Gasteiger partial charge in [-0.2, -0.15) is 0 Å². The molecule has 0 aliphatic carbocycles. The molecular formula is C11H15NO2. The molecule has 1 aromatic rings. The normalized spacial score (nSPS) is 32.0. The summed E-state index contributed by atoms with van der Waals surface area (Å²) in [4.78, 5) is 0. The zero-order valence-electron chi connectivity index (χ0n) is 8.27. The molecule has 1 fully saturated rings. The predicted octanol–water partition coefficient (Wildman–Crippen LogP) is 1.23. The number of rotatable bonds is 2. The zero-order chi connectivity index (χ0) is 10.0. The molecule has 1 aliphatic rings. The first-order valence-corrected chi connectivity index (χ1v) is 4.82. The number of hydrogen-bond donors (Lipinski definition) is 1. The highest BCUT2D eigenvalue weighted by atomic mass is 16.7. The minimum atomic E-state index is -0.620. The molecule has 0 saturated carbocycles. The summed E-state index contributed by atoms with van der Waals surface area (Å²) in [6.45, 7) is 3.00. The Balaban J connectivity index is 2.19. The monoisotopic (exact) mass is 193 g/mol. The van der Waals surface area contributed by atoms with Crippen LogP contribution in [-0.4, -0.2) is 19.3 Å². The van der Waals surface area contributed by atoms with Gasteiger partial charge in [0.1, 0.15) is 0 Å². The van der Waals surface area contributed by atoms with E-state index in [0.29, 0.717) is 13.2 Å². The van der Waals surface area contributed by atoms with Gasteiger partial charge in [0.05, 0.1) is 12.7 Å². The van der Waals surface area contributed by atoms with E-state index in [9.17, 15) is 0 Å². The lowest BCUT2D eigenvalue weighted by Crippen LogP contribution is -2.27. The van der Waals surface area contributed by atoms with E-state index in [1.807, 2.05) is 37.3 Å². The van der Waals surface area contributed by atoms with E-state index in [0.717, 1.165) is 5.56 Å². The Kier molecular flexibility index (Phi) is 2.54. The number of ether oxygens (including phenoxy) is 2. The SMILES string of the molecule is CC1(c2ccccc2)OC[C@@H](CN)O1. The quantitative estimate of drug-likeness (QED) is 0.768. The number of nitrogens with two attached hydrogens (primary N) is 1. The first kappa shape index (κ1) is 9.65. The second kappa shape index (κ2) is 3.69. The molecule has 76 valence electrons. The molecule has 0 bridgehead atoms. The number of hydrogen-bond acceptors (Lipinski definition) is 3. The molecule has 1 aliphatic heterocycles. The molecule has 0 aromatic heterocycles. The Morgan fingerprint density at radius 1 is 1.43 bits per heavy atom. The average molecular weight is 193 g/mol. The Morgan fingerprint density at radius 3 is 2.71 bits per heavy atom. The molecular weight excluding hydrogens is 178 g/mol. The van der Waals surface area contributed by atoms with Crippen molar-refractivity contribution in [1.82, 2.24) is 0 Å². The molecule has 1 heterocycles. The van der Waals surface area contributed by atoms with E-state index in [1.54, 1.807) is 0 Å². The van der Waals surface area contributed by atoms with E-state index in [1.165, 1.54) is 0 Å². The van der Waals surface area contributed by atoms with Crippen molar-refractivity contribution in [2.24, 2.45) is 5.73 Å². The maximum absolute atomic E-state index is 5.74. The van der Waals surface area contributed by atoms with E-state index in [-0.39, 0.29) is 6.10 Å². The second-order valence-corrected chi connectivity index (χ2v) is 3.60. The fraction of sp³-hybridized carbons (Fsp3) is 0.455. The molecule has 0 spiro atoms. The lowest BCUT2D eigenvalue weighted by atomic mass is 10.1. The second-order valence-electron chi connectivity index (χ2n) is 3.60. The summed E-state index contributed by atoms with van der Waals surface area (Å²) in [5, 5.41) is 0. The van der Waals surface area contributed by atoms with Gasteiger partial charge in [0.2, 0.25) is 0 Å². The van der Waals surface area contributed by atoms with Gasteiger partial charge in [-0.25, -0.2) is 0 Å². The summed E-state index contributed by atoms with van der Waals surface area (Å²) in [6.07, 6.45) is 0.0141. The number of benzene rings is 1. The lowest BCUT2D eigenvalue weighted by molar-refractivity contribution is -0.160. The molecule has 1 saturated heterocycles. The molecule has 0 amide bonds. The van der Waals surface area contributed by atoms with Crippen LogP contribution >= 0.6 is 0 Å². The minimum Gasteiger partial charge on any atom is -0.343 e. The van der Waals surface area contributed by atoms with Crippen molar-refractivity contribution < 1.29 is 9.47 Å². The van der Waals surface area contributed by atoms with Crippen LogP contribution in [0.25, 0.3) is 0 Å². The average Bonchev–Trinajstić information content (AvgIpc) is 2.63. The van der Waals surface area contributed by atoms with Gasteiger partial charge in [0, 0.05) is 12.1 Å². The van der Waals surface area contributed by atoms with Crippen LogP contribution in [0.5, 0.6) is 0 Å². The van der Waals surface area contributed by atoms with Gasteiger partial charge in [-0.3, -0.25) is 0 Å². The van der Waals surface area contributed by atoms with Gasteiger partial charge < -0.3 is 15.2 Å². The third-order valence-electron chi connectivity index (χ3n) is 2.50. The summed E-state index contributed by atoms with van der Waals surface area (Å²) in [7, 11) is 0. The summed E-state index contributed by atoms with van der Waals surface area (Å²) < 4.78 is 11.4. The van der Waals surface area contributed by atoms with Crippen molar-refractivity contribution in [1.29, 1.82) is 0 Å². The summed E-state index contributed by atoms with van der Waals surface area (Å²) in [5.74, 6) is -0.620. The van der Waals surface area contributed by atoms with Gasteiger partial charge in [-0.05, 0) is 6.92 Å². The fourth-order valence-electron chi connectivity index (χ4n) is 1.65. The maximum atomic E-state index is 5.74. The Bertz CT molecular complexity index is 301. The third kappa shape index (κ3) is 1.66. The molecule has 3 heteroatoms. The van der Waals surface area contributed by atoms with Crippen molar-refractivity contribution in [2.45, 2.75) is 18.8 Å². The fourth-order valence-corrected chi connectivity index (χ4v) is 1.65. The van der Waals surface area contributed by atoms with Crippen molar-refractivity contribution in [3.63, 3.8) is 0 Å². The van der Waals surface area contributed by atoms with Gasteiger partial charge in [-0.15, -0.1) is 0 Å². The van der Waals surface area contributed by atoms with Crippen molar-refractivity contribution in [3.8, 4) is 0 Å². The van der Waals surface area contributed by atoms with Crippen LogP contribution in [0.2, 0.25) is 0 Å². The van der Waals surface area contributed by atoms with E-state index >= 15 is 0 Å². The summed E-state index contributed by atoms with van der Waals surface area (Å²) >= 11 is 0. The zero-order valence-corrected chi connectivity index (χ0v) is 8.27. The van der Waals surface area contributed by atoms with Crippen LogP contribution in [0.15, 0.2) is 30.3 Å². The third-order valence-corrected chi connectivity index (χ3v) is 2.50. The van der Waals surface area contributed by atoms with Gasteiger partial charge >= 0.3 is 0 Å². The highest BCUT2D eigenvalue weighted by molar-refractivity contribution is 5.20. The molecule has 1 unspecified atom stereocenters. The van der Waals surface area contributed by atoms with Crippen LogP contribution in [0, 0.1) is 0 Å².